The zero-order chi connectivity index (χ0) is 24.5. The first-order chi connectivity index (χ1) is 16.1. The van der Waals surface area contributed by atoms with Gasteiger partial charge in [-0.05, 0) is 46.4 Å². The van der Waals surface area contributed by atoms with E-state index in [1.165, 1.54) is 0 Å². The van der Waals surface area contributed by atoms with Gasteiger partial charge in [0.2, 0.25) is 5.91 Å². The summed E-state index contributed by atoms with van der Waals surface area (Å²) in [6.45, 7) is 5.71. The predicted molar refractivity (Wildman–Crippen MR) is 128 cm³/mol. The molecule has 0 radical (unpaired) electrons. The molecule has 2 aliphatic carbocycles. The van der Waals surface area contributed by atoms with Crippen LogP contribution in [0.3, 0.4) is 0 Å². The zero-order valence-electron chi connectivity index (χ0n) is 19.8. The van der Waals surface area contributed by atoms with Gasteiger partial charge in [0, 0.05) is 12.0 Å². The molecule has 2 aromatic carbocycles. The number of benzene rings is 2. The summed E-state index contributed by atoms with van der Waals surface area (Å²) in [6.07, 6.45) is 1.01. The highest BCUT2D eigenvalue weighted by Crippen LogP contribution is 2.44. The van der Waals surface area contributed by atoms with Crippen LogP contribution in [0.25, 0.3) is 11.1 Å². The monoisotopic (exact) mass is 464 g/mol. The molecule has 0 spiro atoms. The van der Waals surface area contributed by atoms with E-state index in [-0.39, 0.29) is 30.8 Å². The van der Waals surface area contributed by atoms with Gasteiger partial charge in [-0.3, -0.25) is 9.59 Å². The quantitative estimate of drug-likeness (QED) is 0.540. The molecule has 0 aliphatic heterocycles. The standard InChI is InChI=1S/C27H32N2O5/c1-27(2,3)24(25(32)28-22(14-23(30)31)16-12-13-16)29-26(33)34-15-21-19-10-6-4-8-17(19)18-9-5-7-11-20(18)21/h4-11,16,21-22,24H,12-15H2,1-3H3,(H,28,32)(H,29,33)(H,30,31)/t22?,24-/m1/s1. The van der Waals surface area contributed by atoms with E-state index < -0.39 is 29.6 Å². The lowest BCUT2D eigenvalue weighted by molar-refractivity contribution is -0.138. The SMILES string of the molecule is CC(C)(C)[C@H](NC(=O)OCC1c2ccccc2-c2ccccc21)C(=O)NC(CC(=O)O)C1CC1. The first-order valence-corrected chi connectivity index (χ1v) is 11.8. The Morgan fingerprint density at radius 1 is 0.971 bits per heavy atom. The van der Waals surface area contributed by atoms with Gasteiger partial charge in [0.25, 0.3) is 0 Å². The Kier molecular flexibility index (Phi) is 6.64. The second-order valence-electron chi connectivity index (χ2n) is 10.3. The Morgan fingerprint density at radius 3 is 2.03 bits per heavy atom. The van der Waals surface area contributed by atoms with E-state index in [0.29, 0.717) is 0 Å². The van der Waals surface area contributed by atoms with Crippen LogP contribution in [-0.4, -0.2) is 41.8 Å². The van der Waals surface area contributed by atoms with Crippen LogP contribution < -0.4 is 10.6 Å². The number of nitrogens with one attached hydrogen (secondary N) is 2. The van der Waals surface area contributed by atoms with Crippen LogP contribution >= 0.6 is 0 Å². The number of hydrogen-bond donors (Lipinski definition) is 3. The number of ether oxygens (including phenoxy) is 1. The lowest BCUT2D eigenvalue weighted by atomic mass is 9.86. The van der Waals surface area contributed by atoms with E-state index in [1.807, 2.05) is 57.2 Å². The van der Waals surface area contributed by atoms with Gasteiger partial charge in [-0.15, -0.1) is 0 Å². The number of carbonyl (C=O) groups excluding carboxylic acids is 2. The smallest absolute Gasteiger partial charge is 0.407 e. The van der Waals surface area contributed by atoms with Gasteiger partial charge in [0.1, 0.15) is 12.6 Å². The summed E-state index contributed by atoms with van der Waals surface area (Å²) in [7, 11) is 0. The van der Waals surface area contributed by atoms with Crippen molar-refractivity contribution >= 4 is 18.0 Å². The van der Waals surface area contributed by atoms with Crippen molar-refractivity contribution in [3.8, 4) is 11.1 Å². The minimum Gasteiger partial charge on any atom is -0.481 e. The van der Waals surface area contributed by atoms with Gasteiger partial charge < -0.3 is 20.5 Å². The van der Waals surface area contributed by atoms with E-state index in [9.17, 15) is 19.5 Å². The first-order valence-electron chi connectivity index (χ1n) is 11.8. The summed E-state index contributed by atoms with van der Waals surface area (Å²) in [4.78, 5) is 37.1. The van der Waals surface area contributed by atoms with Gasteiger partial charge >= 0.3 is 12.1 Å². The highest BCUT2D eigenvalue weighted by molar-refractivity contribution is 5.87. The molecule has 180 valence electrons. The van der Waals surface area contributed by atoms with Gasteiger partial charge in [0.15, 0.2) is 0 Å². The van der Waals surface area contributed by atoms with Crippen molar-refractivity contribution in [2.24, 2.45) is 11.3 Å². The Bertz CT molecular complexity index is 1040. The van der Waals surface area contributed by atoms with Crippen molar-refractivity contribution < 1.29 is 24.2 Å². The Hall–Kier alpha value is -3.35. The van der Waals surface area contributed by atoms with Crippen LogP contribution in [0.1, 0.15) is 57.1 Å². The van der Waals surface area contributed by atoms with Crippen molar-refractivity contribution in [1.82, 2.24) is 10.6 Å². The third kappa shape index (κ3) is 5.24. The molecular formula is C27H32N2O5. The number of rotatable bonds is 8. The average molecular weight is 465 g/mol. The lowest BCUT2D eigenvalue weighted by Gasteiger charge is -2.31. The fourth-order valence-electron chi connectivity index (χ4n) is 4.72. The molecule has 1 fully saturated rings. The molecule has 7 nitrogen and oxygen atoms in total. The minimum atomic E-state index is -0.950. The second kappa shape index (κ2) is 9.49. The maximum atomic E-state index is 13.1. The van der Waals surface area contributed by atoms with E-state index >= 15 is 0 Å². The third-order valence-corrected chi connectivity index (χ3v) is 6.65. The molecule has 2 amide bonds. The van der Waals surface area contributed by atoms with Gasteiger partial charge in [-0.25, -0.2) is 4.79 Å². The molecule has 7 heteroatoms. The summed E-state index contributed by atoms with van der Waals surface area (Å²) < 4.78 is 5.62. The van der Waals surface area contributed by atoms with Crippen LogP contribution in [0.5, 0.6) is 0 Å². The number of carbonyl (C=O) groups is 3. The average Bonchev–Trinajstić information content (AvgIpc) is 3.57. The van der Waals surface area contributed by atoms with E-state index in [4.69, 9.17) is 4.74 Å². The van der Waals surface area contributed by atoms with E-state index in [0.717, 1.165) is 35.1 Å². The zero-order valence-corrected chi connectivity index (χ0v) is 19.8. The molecule has 2 aromatic rings. The summed E-state index contributed by atoms with van der Waals surface area (Å²) >= 11 is 0. The van der Waals surface area contributed by atoms with Gasteiger partial charge in [-0.2, -0.15) is 0 Å². The number of hydrogen-bond acceptors (Lipinski definition) is 4. The molecule has 1 unspecified atom stereocenters. The molecule has 4 rings (SSSR count). The van der Waals surface area contributed by atoms with Gasteiger partial charge in [-0.1, -0.05) is 69.3 Å². The van der Waals surface area contributed by atoms with Crippen molar-refractivity contribution in [3.05, 3.63) is 59.7 Å². The Morgan fingerprint density at radius 2 is 1.53 bits per heavy atom. The Labute approximate surface area is 199 Å². The fourth-order valence-corrected chi connectivity index (χ4v) is 4.72. The van der Waals surface area contributed by atoms with Crippen LogP contribution in [0, 0.1) is 11.3 Å². The van der Waals surface area contributed by atoms with E-state index in [2.05, 4.69) is 22.8 Å². The van der Waals surface area contributed by atoms with Crippen LogP contribution in [-0.2, 0) is 14.3 Å². The largest absolute Gasteiger partial charge is 0.481 e. The predicted octanol–water partition coefficient (Wildman–Crippen LogP) is 4.31. The molecule has 34 heavy (non-hydrogen) atoms. The van der Waals surface area contributed by atoms with Crippen LogP contribution in [0.15, 0.2) is 48.5 Å². The molecule has 2 atom stereocenters. The van der Waals surface area contributed by atoms with Crippen molar-refractivity contribution in [2.45, 2.75) is 58.0 Å². The maximum Gasteiger partial charge on any atom is 0.407 e. The number of aliphatic carboxylic acids is 1. The van der Waals surface area contributed by atoms with Gasteiger partial charge in [0.05, 0.1) is 6.42 Å². The highest BCUT2D eigenvalue weighted by atomic mass is 16.5. The molecule has 2 aliphatic rings. The molecule has 1 saturated carbocycles. The molecule has 0 aromatic heterocycles. The maximum absolute atomic E-state index is 13.1. The summed E-state index contributed by atoms with van der Waals surface area (Å²) in [5.74, 6) is -1.24. The number of fused-ring (bicyclic) bond motifs is 3. The molecule has 3 N–H and O–H groups in total. The summed E-state index contributed by atoms with van der Waals surface area (Å²) in [5.41, 5.74) is 3.92. The highest BCUT2D eigenvalue weighted by Gasteiger charge is 2.39. The molecule has 0 saturated heterocycles. The van der Waals surface area contributed by atoms with Crippen molar-refractivity contribution in [3.63, 3.8) is 0 Å². The molecule has 0 bridgehead atoms. The van der Waals surface area contributed by atoms with E-state index in [1.54, 1.807) is 0 Å². The number of carboxylic acid groups (broad SMARTS) is 1. The minimum absolute atomic E-state index is 0.0742. The summed E-state index contributed by atoms with van der Waals surface area (Å²) in [6, 6.07) is 14.9. The molecule has 0 heterocycles. The third-order valence-electron chi connectivity index (χ3n) is 6.65. The topological polar surface area (TPSA) is 105 Å². The second-order valence-corrected chi connectivity index (χ2v) is 10.3. The number of amides is 2. The van der Waals surface area contributed by atoms with Crippen LogP contribution in [0.4, 0.5) is 4.79 Å². The Balaban J connectivity index is 1.42. The number of alkyl carbamates (subject to hydrolysis) is 1. The first kappa shape index (κ1) is 23.8. The fraction of sp³-hybridized carbons (Fsp3) is 0.444. The summed E-state index contributed by atoms with van der Waals surface area (Å²) in [5, 5.41) is 14.8. The van der Waals surface area contributed by atoms with Crippen LogP contribution in [0.2, 0.25) is 0 Å². The molecular weight excluding hydrogens is 432 g/mol. The van der Waals surface area contributed by atoms with Crippen molar-refractivity contribution in [1.29, 1.82) is 0 Å². The lowest BCUT2D eigenvalue weighted by Crippen LogP contribution is -2.56. The normalized spacial score (nSPS) is 16.7. The van der Waals surface area contributed by atoms with Crippen molar-refractivity contribution in [2.75, 3.05) is 6.61 Å². The number of carboxylic acids is 1.